The van der Waals surface area contributed by atoms with Gasteiger partial charge in [0.15, 0.2) is 5.82 Å². The lowest BCUT2D eigenvalue weighted by Gasteiger charge is -2.12. The average molecular weight is 462 g/mol. The van der Waals surface area contributed by atoms with Crippen molar-refractivity contribution in [2.45, 2.75) is 13.0 Å². The second kappa shape index (κ2) is 9.75. The van der Waals surface area contributed by atoms with Gasteiger partial charge in [0.2, 0.25) is 5.91 Å². The van der Waals surface area contributed by atoms with Gasteiger partial charge in [-0.3, -0.25) is 4.79 Å². The number of nitrogens with one attached hydrogen (secondary N) is 1. The molecule has 6 nitrogen and oxygen atoms in total. The monoisotopic (exact) mass is 461 g/mol. The van der Waals surface area contributed by atoms with Crippen LogP contribution >= 0.6 is 0 Å². The van der Waals surface area contributed by atoms with E-state index in [-0.39, 0.29) is 24.7 Å². The fourth-order valence-corrected chi connectivity index (χ4v) is 3.93. The van der Waals surface area contributed by atoms with Crippen molar-refractivity contribution in [3.05, 3.63) is 108 Å². The van der Waals surface area contributed by atoms with Crippen LogP contribution in [0.4, 0.5) is 5.82 Å². The zero-order valence-electron chi connectivity index (χ0n) is 18.8. The fourth-order valence-electron chi connectivity index (χ4n) is 3.93. The Morgan fingerprint density at radius 1 is 0.800 bits per heavy atom. The number of carbonyl (C=O) groups excluding carboxylic acids is 1. The molecule has 3 N–H and O–H groups in total. The topological polar surface area (TPSA) is 95.3 Å². The average Bonchev–Trinajstić information content (AvgIpc) is 2.89. The summed E-state index contributed by atoms with van der Waals surface area (Å²) in [6.07, 6.45) is 1.81. The quantitative estimate of drug-likeness (QED) is 0.317. The van der Waals surface area contributed by atoms with Gasteiger partial charge in [-0.2, -0.15) is 0 Å². The summed E-state index contributed by atoms with van der Waals surface area (Å²) in [7, 11) is 0. The van der Waals surface area contributed by atoms with Crippen molar-refractivity contribution in [2.24, 2.45) is 0 Å². The molecule has 1 heterocycles. The molecule has 0 spiro atoms. The molecular weight excluding hydrogens is 438 g/mol. The van der Waals surface area contributed by atoms with Crippen molar-refractivity contribution in [1.82, 2.24) is 9.97 Å². The van der Waals surface area contributed by atoms with Crippen LogP contribution in [0.2, 0.25) is 0 Å². The van der Waals surface area contributed by atoms with Gasteiger partial charge < -0.3 is 15.5 Å². The van der Waals surface area contributed by atoms with Crippen LogP contribution in [0, 0.1) is 0 Å². The lowest BCUT2D eigenvalue weighted by Crippen LogP contribution is -2.16. The largest absolute Gasteiger partial charge is 0.508 e. The Hall–Kier alpha value is -4.55. The van der Waals surface area contributed by atoms with Gasteiger partial charge in [-0.25, -0.2) is 9.97 Å². The Balaban J connectivity index is 1.45. The van der Waals surface area contributed by atoms with Gasteiger partial charge in [0.05, 0.1) is 24.9 Å². The second-order valence-electron chi connectivity index (χ2n) is 8.26. The van der Waals surface area contributed by atoms with E-state index < -0.39 is 0 Å². The lowest BCUT2D eigenvalue weighted by molar-refractivity contribution is -0.115. The van der Waals surface area contributed by atoms with E-state index >= 15 is 0 Å². The number of hydrogen-bond acceptors (Lipinski definition) is 5. The number of aliphatic hydroxyl groups is 1. The first-order valence-electron chi connectivity index (χ1n) is 11.2. The number of phenolic OH excluding ortho intramolecular Hbond substituents is 1. The molecule has 0 fully saturated rings. The van der Waals surface area contributed by atoms with Gasteiger partial charge in [0.1, 0.15) is 11.4 Å². The van der Waals surface area contributed by atoms with Crippen LogP contribution in [0.15, 0.2) is 97.2 Å². The first-order chi connectivity index (χ1) is 17.1. The molecule has 1 aromatic heterocycles. The highest BCUT2D eigenvalue weighted by Gasteiger charge is 2.15. The number of phenols is 1. The minimum atomic E-state index is -0.199. The smallest absolute Gasteiger partial charge is 0.230 e. The van der Waals surface area contributed by atoms with Crippen LogP contribution in [0.3, 0.4) is 0 Å². The number of aromatic hydroxyl groups is 1. The van der Waals surface area contributed by atoms with Crippen molar-refractivity contribution in [2.75, 3.05) is 5.32 Å². The zero-order valence-corrected chi connectivity index (χ0v) is 18.8. The summed E-state index contributed by atoms with van der Waals surface area (Å²) in [6, 6.07) is 28.0. The molecule has 0 saturated carbocycles. The summed E-state index contributed by atoms with van der Waals surface area (Å²) in [5.74, 6) is 0.284. The van der Waals surface area contributed by atoms with Crippen LogP contribution in [0.25, 0.3) is 33.3 Å². The number of fused-ring (bicyclic) bond motifs is 1. The SMILES string of the molecule is O=C(Cc1ccc2ccccc2c1)Nc1ncc(-c2ccc(CO)cc2)nc1-c1ccc(O)cc1. The first kappa shape index (κ1) is 22.3. The van der Waals surface area contributed by atoms with Gasteiger partial charge in [0, 0.05) is 11.1 Å². The number of aromatic nitrogens is 2. The molecule has 0 aliphatic rings. The van der Waals surface area contributed by atoms with Gasteiger partial charge in [-0.15, -0.1) is 0 Å². The Morgan fingerprint density at radius 2 is 1.49 bits per heavy atom. The fraction of sp³-hybridized carbons (Fsp3) is 0.0690. The van der Waals surface area contributed by atoms with Crippen LogP contribution in [-0.2, 0) is 17.8 Å². The van der Waals surface area contributed by atoms with Crippen molar-refractivity contribution in [1.29, 1.82) is 0 Å². The lowest BCUT2D eigenvalue weighted by atomic mass is 10.0. The van der Waals surface area contributed by atoms with Crippen molar-refractivity contribution in [3.63, 3.8) is 0 Å². The van der Waals surface area contributed by atoms with Crippen LogP contribution in [0.1, 0.15) is 11.1 Å². The number of amides is 1. The predicted octanol–water partition coefficient (Wildman–Crippen LogP) is 5.34. The molecule has 0 saturated heterocycles. The van der Waals surface area contributed by atoms with E-state index in [1.54, 1.807) is 30.5 Å². The number of rotatable bonds is 6. The van der Waals surface area contributed by atoms with E-state index in [2.05, 4.69) is 10.3 Å². The molecular formula is C29H23N3O3. The van der Waals surface area contributed by atoms with Crippen molar-refractivity contribution in [3.8, 4) is 28.3 Å². The summed E-state index contributed by atoms with van der Waals surface area (Å²) < 4.78 is 0. The Labute approximate surface area is 202 Å². The van der Waals surface area contributed by atoms with Crippen LogP contribution < -0.4 is 5.32 Å². The number of benzene rings is 4. The summed E-state index contributed by atoms with van der Waals surface area (Å²) in [6.45, 7) is -0.0348. The molecule has 4 aromatic carbocycles. The van der Waals surface area contributed by atoms with Crippen molar-refractivity contribution >= 4 is 22.5 Å². The predicted molar refractivity (Wildman–Crippen MR) is 137 cm³/mol. The number of carbonyl (C=O) groups is 1. The van der Waals surface area contributed by atoms with Gasteiger partial charge in [-0.1, -0.05) is 66.7 Å². The molecule has 0 bridgehead atoms. The normalized spacial score (nSPS) is 10.9. The highest BCUT2D eigenvalue weighted by Crippen LogP contribution is 2.29. The number of nitrogens with zero attached hydrogens (tertiary/aromatic N) is 2. The molecule has 0 radical (unpaired) electrons. The maximum absolute atomic E-state index is 12.9. The molecule has 5 rings (SSSR count). The highest BCUT2D eigenvalue weighted by atomic mass is 16.3. The van der Waals surface area contributed by atoms with Gasteiger partial charge in [0.25, 0.3) is 0 Å². The molecule has 0 aliphatic heterocycles. The second-order valence-corrected chi connectivity index (χ2v) is 8.26. The minimum absolute atomic E-state index is 0.0348. The Morgan fingerprint density at radius 3 is 2.23 bits per heavy atom. The first-order valence-corrected chi connectivity index (χ1v) is 11.2. The molecule has 0 aliphatic carbocycles. The molecule has 35 heavy (non-hydrogen) atoms. The number of aliphatic hydroxyl groups excluding tert-OH is 1. The molecule has 5 aromatic rings. The van der Waals surface area contributed by atoms with Gasteiger partial charge >= 0.3 is 0 Å². The minimum Gasteiger partial charge on any atom is -0.508 e. The van der Waals surface area contributed by atoms with Crippen molar-refractivity contribution < 1.29 is 15.0 Å². The molecule has 0 unspecified atom stereocenters. The number of hydrogen-bond donors (Lipinski definition) is 3. The maximum Gasteiger partial charge on any atom is 0.230 e. The van der Waals surface area contributed by atoms with E-state index in [1.807, 2.05) is 66.7 Å². The Kier molecular flexibility index (Phi) is 6.20. The third kappa shape index (κ3) is 5.03. The third-order valence-corrected chi connectivity index (χ3v) is 5.78. The molecule has 0 atom stereocenters. The van der Waals surface area contributed by atoms with E-state index in [0.29, 0.717) is 22.8 Å². The zero-order chi connectivity index (χ0) is 24.2. The standard InChI is InChI=1S/C29H23N3O3/c33-18-19-5-9-22(10-6-19)26-17-30-29(28(31-26)23-11-13-25(34)14-12-23)32-27(35)16-20-7-8-21-3-1-2-4-24(21)15-20/h1-15,17,33-34H,16,18H2,(H,30,32,35). The summed E-state index contributed by atoms with van der Waals surface area (Å²) in [4.78, 5) is 22.2. The maximum atomic E-state index is 12.9. The molecule has 6 heteroatoms. The summed E-state index contributed by atoms with van der Waals surface area (Å²) >= 11 is 0. The van der Waals surface area contributed by atoms with E-state index in [1.165, 1.54) is 0 Å². The third-order valence-electron chi connectivity index (χ3n) is 5.78. The van der Waals surface area contributed by atoms with E-state index in [4.69, 9.17) is 4.98 Å². The highest BCUT2D eigenvalue weighted by molar-refractivity contribution is 5.95. The molecule has 172 valence electrons. The summed E-state index contributed by atoms with van der Waals surface area (Å²) in [5, 5.41) is 24.1. The van der Waals surface area contributed by atoms with E-state index in [9.17, 15) is 15.0 Å². The van der Waals surface area contributed by atoms with Crippen LogP contribution in [-0.4, -0.2) is 26.1 Å². The van der Waals surface area contributed by atoms with Gasteiger partial charge in [-0.05, 0) is 46.2 Å². The summed E-state index contributed by atoms with van der Waals surface area (Å²) in [5.41, 5.74) is 4.39. The molecule has 1 amide bonds. The number of anilines is 1. The van der Waals surface area contributed by atoms with Crippen LogP contribution in [0.5, 0.6) is 5.75 Å². The van der Waals surface area contributed by atoms with E-state index in [0.717, 1.165) is 27.5 Å². The Bertz CT molecular complexity index is 1500.